The molecule has 2 aromatic rings. The summed E-state index contributed by atoms with van der Waals surface area (Å²) in [6.07, 6.45) is 13.6. The van der Waals surface area contributed by atoms with Crippen molar-refractivity contribution in [2.24, 2.45) is 0 Å². The van der Waals surface area contributed by atoms with Gasteiger partial charge in [0.2, 0.25) is 5.95 Å². The molecule has 1 aliphatic heterocycles. The fourth-order valence-electron chi connectivity index (χ4n) is 3.75. The molecule has 0 saturated carbocycles. The van der Waals surface area contributed by atoms with Gasteiger partial charge in [0.05, 0.1) is 0 Å². The normalized spacial score (nSPS) is 21.0. The molecule has 4 rings (SSSR count). The summed E-state index contributed by atoms with van der Waals surface area (Å²) in [5, 5.41) is 3.69. The molecule has 1 atom stereocenters. The second-order valence-corrected chi connectivity index (χ2v) is 6.69. The summed E-state index contributed by atoms with van der Waals surface area (Å²) in [7, 11) is 0. The molecular weight excluding hydrogens is 300 g/mol. The molecule has 126 valence electrons. The monoisotopic (exact) mass is 324 g/mol. The van der Waals surface area contributed by atoms with Gasteiger partial charge in [0.25, 0.3) is 0 Å². The number of aryl methyl sites for hydroxylation is 1. The zero-order valence-electron chi connectivity index (χ0n) is 14.0. The van der Waals surface area contributed by atoms with Crippen molar-refractivity contribution >= 4 is 11.8 Å². The van der Waals surface area contributed by atoms with Gasteiger partial charge in [-0.1, -0.05) is 6.42 Å². The lowest BCUT2D eigenvalue weighted by Crippen LogP contribution is -2.43. The summed E-state index contributed by atoms with van der Waals surface area (Å²) in [6, 6.07) is 2.24. The highest BCUT2D eigenvalue weighted by Gasteiger charge is 2.23. The van der Waals surface area contributed by atoms with Gasteiger partial charge in [0.1, 0.15) is 12.1 Å². The first-order valence-corrected chi connectivity index (χ1v) is 9.01. The van der Waals surface area contributed by atoms with Crippen molar-refractivity contribution in [2.45, 2.75) is 51.0 Å². The highest BCUT2D eigenvalue weighted by Crippen LogP contribution is 2.26. The van der Waals surface area contributed by atoms with E-state index in [2.05, 4.69) is 30.2 Å². The zero-order chi connectivity index (χ0) is 16.2. The van der Waals surface area contributed by atoms with Crippen molar-refractivity contribution in [2.75, 3.05) is 23.3 Å². The summed E-state index contributed by atoms with van der Waals surface area (Å²) in [5.74, 6) is 1.87. The van der Waals surface area contributed by atoms with E-state index in [0.717, 1.165) is 50.5 Å². The van der Waals surface area contributed by atoms with Crippen LogP contribution in [0.25, 0.3) is 0 Å². The van der Waals surface area contributed by atoms with Crippen LogP contribution in [-0.2, 0) is 12.8 Å². The van der Waals surface area contributed by atoms with Gasteiger partial charge >= 0.3 is 0 Å². The van der Waals surface area contributed by atoms with Crippen LogP contribution in [0.4, 0.5) is 11.8 Å². The molecule has 2 aliphatic rings. The molecule has 1 fully saturated rings. The molecule has 0 bridgehead atoms. The Kier molecular flexibility index (Phi) is 4.53. The van der Waals surface area contributed by atoms with Crippen molar-refractivity contribution in [1.82, 2.24) is 19.9 Å². The van der Waals surface area contributed by atoms with Crippen LogP contribution in [0.2, 0.25) is 0 Å². The number of rotatable bonds is 3. The van der Waals surface area contributed by atoms with Gasteiger partial charge in [-0.05, 0) is 44.6 Å². The maximum Gasteiger partial charge on any atom is 0.225 e. The molecule has 1 unspecified atom stereocenters. The first-order valence-electron chi connectivity index (χ1n) is 9.01. The predicted molar refractivity (Wildman–Crippen MR) is 94.2 cm³/mol. The lowest BCUT2D eigenvalue weighted by atomic mass is 10.0. The predicted octanol–water partition coefficient (Wildman–Crippen LogP) is 2.62. The van der Waals surface area contributed by atoms with Crippen LogP contribution in [0.1, 0.15) is 43.4 Å². The molecule has 6 nitrogen and oxygen atoms in total. The smallest absolute Gasteiger partial charge is 0.225 e. The molecule has 6 heteroatoms. The zero-order valence-corrected chi connectivity index (χ0v) is 14.0. The molecule has 1 aliphatic carbocycles. The molecule has 0 amide bonds. The Balaban J connectivity index is 1.49. The second-order valence-electron chi connectivity index (χ2n) is 6.69. The van der Waals surface area contributed by atoms with Crippen molar-refractivity contribution in [3.05, 3.63) is 36.0 Å². The van der Waals surface area contributed by atoms with Gasteiger partial charge in [-0.2, -0.15) is 0 Å². The van der Waals surface area contributed by atoms with Gasteiger partial charge in [-0.3, -0.25) is 0 Å². The van der Waals surface area contributed by atoms with Crippen LogP contribution in [0.3, 0.4) is 0 Å². The molecule has 0 radical (unpaired) electrons. The van der Waals surface area contributed by atoms with Crippen LogP contribution < -0.4 is 10.2 Å². The maximum absolute atomic E-state index is 4.55. The third kappa shape index (κ3) is 3.32. The van der Waals surface area contributed by atoms with Gasteiger partial charge in [-0.25, -0.2) is 19.9 Å². The van der Waals surface area contributed by atoms with Crippen molar-refractivity contribution in [3.8, 4) is 0 Å². The molecule has 2 aromatic heterocycles. The number of hydrogen-bond acceptors (Lipinski definition) is 6. The van der Waals surface area contributed by atoms with Crippen LogP contribution in [0.15, 0.2) is 24.8 Å². The van der Waals surface area contributed by atoms with Crippen LogP contribution in [0.5, 0.6) is 0 Å². The minimum atomic E-state index is 0.379. The summed E-state index contributed by atoms with van der Waals surface area (Å²) in [6.45, 7) is 1.94. The first-order chi connectivity index (χ1) is 11.9. The number of piperidine rings is 1. The topological polar surface area (TPSA) is 66.8 Å². The van der Waals surface area contributed by atoms with Gasteiger partial charge in [-0.15, -0.1) is 0 Å². The third-order valence-electron chi connectivity index (χ3n) is 4.97. The summed E-state index contributed by atoms with van der Waals surface area (Å²) < 4.78 is 0. The summed E-state index contributed by atoms with van der Waals surface area (Å²) in [4.78, 5) is 20.1. The minimum Gasteiger partial charge on any atom is -0.365 e. The maximum atomic E-state index is 4.55. The van der Waals surface area contributed by atoms with Crippen molar-refractivity contribution in [1.29, 1.82) is 0 Å². The number of nitrogens with zero attached hydrogens (tertiary/aromatic N) is 5. The Morgan fingerprint density at radius 2 is 1.83 bits per heavy atom. The second kappa shape index (κ2) is 7.11. The van der Waals surface area contributed by atoms with E-state index >= 15 is 0 Å². The Labute approximate surface area is 142 Å². The highest BCUT2D eigenvalue weighted by atomic mass is 15.3. The van der Waals surface area contributed by atoms with E-state index in [1.807, 2.05) is 18.5 Å². The average Bonchev–Trinajstić information content (AvgIpc) is 2.89. The Morgan fingerprint density at radius 1 is 0.958 bits per heavy atom. The molecule has 3 heterocycles. The Bertz CT molecular complexity index is 674. The Morgan fingerprint density at radius 3 is 2.75 bits per heavy atom. The highest BCUT2D eigenvalue weighted by molar-refractivity contribution is 5.48. The van der Waals surface area contributed by atoms with E-state index in [1.165, 1.54) is 30.5 Å². The molecule has 0 aromatic carbocycles. The molecule has 1 saturated heterocycles. The summed E-state index contributed by atoms with van der Waals surface area (Å²) in [5.41, 5.74) is 2.58. The number of aromatic nitrogens is 4. The standard InChI is InChI=1S/C18H24N6/c1-2-7-15-16(8-3-1)21-13-22-17(15)23-14-6-4-11-24(12-14)18-19-9-5-10-20-18/h5,9-10,13-14H,1-4,6-8,11-12H2,(H,21,22,23). The van der Waals surface area contributed by atoms with E-state index in [9.17, 15) is 0 Å². The largest absolute Gasteiger partial charge is 0.365 e. The van der Waals surface area contributed by atoms with Crippen LogP contribution >= 0.6 is 0 Å². The summed E-state index contributed by atoms with van der Waals surface area (Å²) >= 11 is 0. The number of hydrogen-bond donors (Lipinski definition) is 1. The molecular formula is C18H24N6. The molecule has 24 heavy (non-hydrogen) atoms. The van der Waals surface area contributed by atoms with E-state index in [-0.39, 0.29) is 0 Å². The van der Waals surface area contributed by atoms with E-state index < -0.39 is 0 Å². The first kappa shape index (κ1) is 15.3. The van der Waals surface area contributed by atoms with E-state index in [1.54, 1.807) is 6.33 Å². The SMILES string of the molecule is c1cnc(N2CCCC(Nc3ncnc4c3CCCCC4)C2)nc1. The van der Waals surface area contributed by atoms with Gasteiger partial charge in [0, 0.05) is 42.8 Å². The minimum absolute atomic E-state index is 0.379. The lowest BCUT2D eigenvalue weighted by Gasteiger charge is -2.33. The van der Waals surface area contributed by atoms with Gasteiger partial charge in [0.15, 0.2) is 0 Å². The van der Waals surface area contributed by atoms with Crippen molar-refractivity contribution < 1.29 is 0 Å². The number of fused-ring (bicyclic) bond motifs is 1. The fourth-order valence-corrected chi connectivity index (χ4v) is 3.75. The third-order valence-corrected chi connectivity index (χ3v) is 4.97. The van der Waals surface area contributed by atoms with E-state index in [0.29, 0.717) is 6.04 Å². The number of anilines is 2. The number of nitrogens with one attached hydrogen (secondary N) is 1. The molecule has 0 spiro atoms. The van der Waals surface area contributed by atoms with Gasteiger partial charge < -0.3 is 10.2 Å². The molecule has 1 N–H and O–H groups in total. The van der Waals surface area contributed by atoms with Crippen molar-refractivity contribution in [3.63, 3.8) is 0 Å². The quantitative estimate of drug-likeness (QED) is 0.876. The van der Waals surface area contributed by atoms with Crippen LogP contribution in [-0.4, -0.2) is 39.1 Å². The average molecular weight is 324 g/mol. The van der Waals surface area contributed by atoms with E-state index in [4.69, 9.17) is 0 Å². The fraction of sp³-hybridized carbons (Fsp3) is 0.556. The Hall–Kier alpha value is -2.24. The van der Waals surface area contributed by atoms with Crippen LogP contribution in [0, 0.1) is 0 Å². The lowest BCUT2D eigenvalue weighted by molar-refractivity contribution is 0.521.